The molecule has 0 radical (unpaired) electrons. The molecule has 0 atom stereocenters. The molecule has 10 nitrogen and oxygen atoms in total. The van der Waals surface area contributed by atoms with Gasteiger partial charge in [-0.15, -0.1) is 0 Å². The Hall–Kier alpha value is -4.74. The highest BCUT2D eigenvalue weighted by atomic mass is 16.7. The number of benzene rings is 4. The third kappa shape index (κ3) is 7.16. The number of para-hydroxylation sites is 1. The molecule has 1 heterocycles. The zero-order valence-corrected chi connectivity index (χ0v) is 25.1. The van der Waals surface area contributed by atoms with Gasteiger partial charge in [0.15, 0.2) is 25.1 Å². The number of imide groups is 1. The molecule has 0 spiro atoms. The summed E-state index contributed by atoms with van der Waals surface area (Å²) < 4.78 is 33.4. The van der Waals surface area contributed by atoms with Crippen LogP contribution in [0.5, 0.6) is 17.2 Å². The van der Waals surface area contributed by atoms with Gasteiger partial charge in [0.2, 0.25) is 0 Å². The highest BCUT2D eigenvalue weighted by Crippen LogP contribution is 2.50. The monoisotopic (exact) mass is 613 g/mol. The number of fused-ring (bicyclic) bond motifs is 1. The lowest BCUT2D eigenvalue weighted by Crippen LogP contribution is -2.19. The van der Waals surface area contributed by atoms with E-state index in [1.54, 1.807) is 38.5 Å². The summed E-state index contributed by atoms with van der Waals surface area (Å²) >= 11 is 0. The average molecular weight is 614 g/mol. The molecule has 5 rings (SSSR count). The van der Waals surface area contributed by atoms with E-state index in [0.29, 0.717) is 42.3 Å². The Morgan fingerprint density at radius 2 is 1.27 bits per heavy atom. The van der Waals surface area contributed by atoms with Gasteiger partial charge in [-0.1, -0.05) is 72.8 Å². The quantitative estimate of drug-likeness (QED) is 0.0767. The second-order valence-electron chi connectivity index (χ2n) is 10.1. The summed E-state index contributed by atoms with van der Waals surface area (Å²) in [6.45, 7) is 1.13. The molecule has 4 aromatic rings. The Balaban J connectivity index is 1.71. The van der Waals surface area contributed by atoms with E-state index in [2.05, 4.69) is 5.32 Å². The van der Waals surface area contributed by atoms with Crippen LogP contribution in [0.4, 0.5) is 0 Å². The average Bonchev–Trinajstić information content (AvgIpc) is 3.35. The van der Waals surface area contributed by atoms with Gasteiger partial charge < -0.3 is 33.5 Å². The number of nitrogens with one attached hydrogen (secondary N) is 1. The van der Waals surface area contributed by atoms with E-state index in [9.17, 15) is 14.7 Å². The van der Waals surface area contributed by atoms with E-state index < -0.39 is 17.7 Å². The number of methoxy groups -OCH3 is 2. The van der Waals surface area contributed by atoms with Gasteiger partial charge in [-0.05, 0) is 28.8 Å². The van der Waals surface area contributed by atoms with Crippen LogP contribution < -0.4 is 14.8 Å². The van der Waals surface area contributed by atoms with Gasteiger partial charge >= 0.3 is 0 Å². The van der Waals surface area contributed by atoms with Crippen molar-refractivity contribution < 1.29 is 43.1 Å². The largest absolute Gasteiger partial charge is 0.506 e. The fraction of sp³-hybridized carbons (Fsp3) is 0.257. The Bertz CT molecular complexity index is 1570. The van der Waals surface area contributed by atoms with E-state index in [0.717, 1.165) is 11.1 Å². The van der Waals surface area contributed by atoms with Gasteiger partial charge in [0.25, 0.3) is 11.8 Å². The van der Waals surface area contributed by atoms with Crippen LogP contribution in [0.3, 0.4) is 0 Å². The van der Waals surface area contributed by atoms with Crippen molar-refractivity contribution in [3.05, 3.63) is 113 Å². The van der Waals surface area contributed by atoms with E-state index in [4.69, 9.17) is 28.4 Å². The number of carbonyl (C=O) groups is 2. The zero-order valence-electron chi connectivity index (χ0n) is 25.1. The third-order valence-corrected chi connectivity index (χ3v) is 7.30. The molecule has 0 saturated carbocycles. The molecule has 234 valence electrons. The van der Waals surface area contributed by atoms with Crippen LogP contribution in [0, 0.1) is 0 Å². The van der Waals surface area contributed by atoms with Crippen molar-refractivity contribution >= 4 is 11.8 Å². The molecule has 4 aromatic carbocycles. The van der Waals surface area contributed by atoms with Gasteiger partial charge in [0.05, 0.1) is 37.6 Å². The van der Waals surface area contributed by atoms with Crippen molar-refractivity contribution in [2.24, 2.45) is 0 Å². The smallest absolute Gasteiger partial charge is 0.262 e. The SMILES string of the molecule is COCCOCOc1cccc(-c2c(C(c3ccccc3)c3ccccc3)cc3c(c2O)C(=O)NC3=O)c1OCOCCOC. The second kappa shape index (κ2) is 15.3. The van der Waals surface area contributed by atoms with Crippen molar-refractivity contribution in [3.63, 3.8) is 0 Å². The predicted octanol–water partition coefficient (Wildman–Crippen LogP) is 5.12. The van der Waals surface area contributed by atoms with Crippen LogP contribution in [-0.2, 0) is 18.9 Å². The summed E-state index contributed by atoms with van der Waals surface area (Å²) in [5.74, 6) is -1.46. The highest BCUT2D eigenvalue weighted by molar-refractivity contribution is 6.23. The fourth-order valence-electron chi connectivity index (χ4n) is 5.27. The molecule has 0 unspecified atom stereocenters. The van der Waals surface area contributed by atoms with Crippen molar-refractivity contribution in [2.45, 2.75) is 5.92 Å². The molecular formula is C35H35NO9. The molecule has 0 aliphatic carbocycles. The normalized spacial score (nSPS) is 12.3. The van der Waals surface area contributed by atoms with Crippen LogP contribution in [0.1, 0.15) is 43.3 Å². The van der Waals surface area contributed by atoms with Gasteiger partial charge in [-0.2, -0.15) is 0 Å². The molecule has 45 heavy (non-hydrogen) atoms. The van der Waals surface area contributed by atoms with E-state index >= 15 is 0 Å². The number of aromatic hydroxyl groups is 1. The first-order chi connectivity index (χ1) is 22.0. The molecule has 0 saturated heterocycles. The Kier molecular flexibility index (Phi) is 10.8. The van der Waals surface area contributed by atoms with E-state index in [1.165, 1.54) is 0 Å². The van der Waals surface area contributed by atoms with Crippen molar-refractivity contribution in [1.29, 1.82) is 0 Å². The molecule has 0 aromatic heterocycles. The lowest BCUT2D eigenvalue weighted by atomic mass is 9.79. The Morgan fingerprint density at radius 3 is 1.87 bits per heavy atom. The van der Waals surface area contributed by atoms with Gasteiger partial charge in [0.1, 0.15) is 5.75 Å². The number of hydrogen-bond donors (Lipinski definition) is 2. The van der Waals surface area contributed by atoms with Crippen LogP contribution in [-0.4, -0.2) is 71.2 Å². The van der Waals surface area contributed by atoms with Gasteiger partial charge in [0, 0.05) is 31.3 Å². The number of carbonyl (C=O) groups excluding carboxylic acids is 2. The summed E-state index contributed by atoms with van der Waals surface area (Å²) in [6, 6.07) is 26.4. The van der Waals surface area contributed by atoms with Crippen LogP contribution in [0.2, 0.25) is 0 Å². The number of phenols is 1. The molecule has 1 aliphatic heterocycles. The summed E-state index contributed by atoms with van der Waals surface area (Å²) in [5.41, 5.74) is 3.16. The summed E-state index contributed by atoms with van der Waals surface area (Å²) in [6.07, 6.45) is 0. The highest BCUT2D eigenvalue weighted by Gasteiger charge is 2.36. The van der Waals surface area contributed by atoms with E-state index in [1.807, 2.05) is 60.7 Å². The number of phenolic OH excluding ortho intramolecular Hbond substituents is 1. The standard InChI is InChI=1S/C35H35NO9/c1-40-16-18-42-21-44-28-15-9-14-25(33(28)45-22-43-19-17-41-2)30-26(20-27-31(32(30)37)35(39)36-34(27)38)29(23-10-5-3-6-11-23)24-12-7-4-8-13-24/h3-15,20,29,37H,16-19,21-22H2,1-2H3,(H,36,38,39). The summed E-state index contributed by atoms with van der Waals surface area (Å²) in [7, 11) is 3.15. The number of ether oxygens (including phenoxy) is 6. The van der Waals surface area contributed by atoms with Crippen molar-refractivity contribution in [1.82, 2.24) is 5.32 Å². The first kappa shape index (κ1) is 31.7. The maximum Gasteiger partial charge on any atom is 0.262 e. The van der Waals surface area contributed by atoms with Crippen molar-refractivity contribution in [3.8, 4) is 28.4 Å². The third-order valence-electron chi connectivity index (χ3n) is 7.30. The van der Waals surface area contributed by atoms with Gasteiger partial charge in [-0.3, -0.25) is 14.9 Å². The minimum Gasteiger partial charge on any atom is -0.506 e. The predicted molar refractivity (Wildman–Crippen MR) is 166 cm³/mol. The molecule has 0 fully saturated rings. The molecule has 0 bridgehead atoms. The minimum absolute atomic E-state index is 0.0930. The van der Waals surface area contributed by atoms with Crippen LogP contribution in [0.25, 0.3) is 11.1 Å². The maximum absolute atomic E-state index is 12.9. The maximum atomic E-state index is 12.9. The fourth-order valence-corrected chi connectivity index (χ4v) is 5.27. The molecular weight excluding hydrogens is 578 g/mol. The Labute approximate surface area is 261 Å². The first-order valence-electron chi connectivity index (χ1n) is 14.4. The van der Waals surface area contributed by atoms with Crippen LogP contribution in [0.15, 0.2) is 84.9 Å². The molecule has 1 aliphatic rings. The lowest BCUT2D eigenvalue weighted by molar-refractivity contribution is -0.0205. The lowest BCUT2D eigenvalue weighted by Gasteiger charge is -2.25. The second-order valence-corrected chi connectivity index (χ2v) is 10.1. The first-order valence-corrected chi connectivity index (χ1v) is 14.4. The Morgan fingerprint density at radius 1 is 0.667 bits per heavy atom. The van der Waals surface area contributed by atoms with Crippen molar-refractivity contribution in [2.75, 3.05) is 54.2 Å². The minimum atomic E-state index is -0.680. The summed E-state index contributed by atoms with van der Waals surface area (Å²) in [5, 5.41) is 14.2. The van der Waals surface area contributed by atoms with Gasteiger partial charge in [-0.25, -0.2) is 0 Å². The van der Waals surface area contributed by atoms with E-state index in [-0.39, 0.29) is 42.8 Å². The number of rotatable bonds is 16. The molecule has 2 N–H and O–H groups in total. The zero-order chi connectivity index (χ0) is 31.6. The number of hydrogen-bond acceptors (Lipinski definition) is 9. The van der Waals surface area contributed by atoms with Crippen LogP contribution >= 0.6 is 0 Å². The molecule has 10 heteroatoms. The topological polar surface area (TPSA) is 122 Å². The summed E-state index contributed by atoms with van der Waals surface area (Å²) in [4.78, 5) is 25.9. The number of amides is 2. The molecule has 2 amide bonds.